The molecule has 0 aliphatic rings. The molecule has 3 N–H and O–H groups in total. The van der Waals surface area contributed by atoms with E-state index in [4.69, 9.17) is 24.3 Å². The van der Waals surface area contributed by atoms with Gasteiger partial charge in [-0.05, 0) is 38.5 Å². The summed E-state index contributed by atoms with van der Waals surface area (Å²) in [6.45, 7) is 4.50. The van der Waals surface area contributed by atoms with E-state index in [2.05, 4.69) is 19.1 Å². The highest BCUT2D eigenvalue weighted by atomic mass is 31.2. The predicted molar refractivity (Wildman–Crippen MR) is 141 cm³/mol. The van der Waals surface area contributed by atoms with Crippen LogP contribution in [-0.2, 0) is 27.9 Å². The fourth-order valence-corrected chi connectivity index (χ4v) is 4.20. The van der Waals surface area contributed by atoms with Crippen LogP contribution in [-0.4, -0.2) is 49.9 Å². The molecule has 0 saturated heterocycles. The number of hydrogen-bond acceptors (Lipinski definition) is 7. The van der Waals surface area contributed by atoms with Crippen LogP contribution in [0.4, 0.5) is 0 Å². The summed E-state index contributed by atoms with van der Waals surface area (Å²) in [5.74, 6) is -0.387. The van der Waals surface area contributed by atoms with Gasteiger partial charge in [0.05, 0.1) is 19.8 Å². The van der Waals surface area contributed by atoms with Gasteiger partial charge in [-0.1, -0.05) is 77.4 Å². The Hall–Kier alpha value is -0.760. The molecule has 0 rings (SSSR count). The minimum Gasteiger partial charge on any atom is -0.457 e. The topological polar surface area (TPSA) is 117 Å². The number of allylic oxidation sites excluding steroid dienone is 2. The quantitative estimate of drug-likeness (QED) is 0.0577. The second kappa shape index (κ2) is 24.9. The standard InChI is InChI=1S/C26H52NO7P/c1-3-5-6-7-8-9-10-11-12-13-14-15-16-17-18-21-31-23-25(34-26(28)19-4-2)24-33-35(29,30)32-22-20-27/h10-11,25H,3-9,12-24,27H2,1-2H3,(H,29,30)/b11-10-. The first-order chi connectivity index (χ1) is 16.9. The molecule has 9 heteroatoms. The molecular formula is C26H52NO7P. The van der Waals surface area contributed by atoms with Crippen LogP contribution in [0.3, 0.4) is 0 Å². The van der Waals surface area contributed by atoms with Crippen molar-refractivity contribution in [2.24, 2.45) is 5.73 Å². The van der Waals surface area contributed by atoms with Gasteiger partial charge in [0.1, 0.15) is 6.10 Å². The molecule has 0 spiro atoms. The first-order valence-corrected chi connectivity index (χ1v) is 15.2. The lowest BCUT2D eigenvalue weighted by Crippen LogP contribution is -2.28. The molecule has 0 aromatic carbocycles. The van der Waals surface area contributed by atoms with E-state index in [1.165, 1.54) is 70.6 Å². The zero-order valence-corrected chi connectivity index (χ0v) is 23.2. The summed E-state index contributed by atoms with van der Waals surface area (Å²) in [6, 6.07) is 0. The molecule has 0 aliphatic heterocycles. The first kappa shape index (κ1) is 34.2. The highest BCUT2D eigenvalue weighted by Gasteiger charge is 2.25. The molecule has 0 heterocycles. The van der Waals surface area contributed by atoms with Crippen molar-refractivity contribution in [3.63, 3.8) is 0 Å². The van der Waals surface area contributed by atoms with Gasteiger partial charge in [-0.25, -0.2) is 4.57 Å². The SMILES string of the molecule is CCCCCCC/C=C\CCCCCCCCOCC(COP(=O)(O)OCCN)OC(=O)CCC. The van der Waals surface area contributed by atoms with Crippen molar-refractivity contribution in [1.29, 1.82) is 0 Å². The minimum absolute atomic E-state index is 0.0968. The van der Waals surface area contributed by atoms with Gasteiger partial charge < -0.3 is 20.1 Å². The summed E-state index contributed by atoms with van der Waals surface area (Å²) in [5.41, 5.74) is 5.26. The van der Waals surface area contributed by atoms with E-state index in [1.807, 2.05) is 6.92 Å². The smallest absolute Gasteiger partial charge is 0.457 e. The Kier molecular flexibility index (Phi) is 24.4. The number of ether oxygens (including phenoxy) is 2. The third-order valence-corrected chi connectivity index (χ3v) is 6.39. The number of carbonyl (C=O) groups is 1. The summed E-state index contributed by atoms with van der Waals surface area (Å²) in [4.78, 5) is 21.4. The molecule has 0 amide bonds. The Morgan fingerprint density at radius 1 is 0.829 bits per heavy atom. The number of unbranched alkanes of at least 4 members (excludes halogenated alkanes) is 11. The summed E-state index contributed by atoms with van der Waals surface area (Å²) in [5, 5.41) is 0. The lowest BCUT2D eigenvalue weighted by Gasteiger charge is -2.19. The minimum atomic E-state index is -4.23. The average molecular weight is 522 g/mol. The number of carbonyl (C=O) groups excluding carboxylic acids is 1. The maximum absolute atomic E-state index is 11.8. The van der Waals surface area contributed by atoms with Gasteiger partial charge in [-0.2, -0.15) is 0 Å². The molecule has 208 valence electrons. The molecule has 8 nitrogen and oxygen atoms in total. The number of phosphoric acid groups is 1. The van der Waals surface area contributed by atoms with Crippen LogP contribution in [0.25, 0.3) is 0 Å². The second-order valence-electron chi connectivity index (χ2n) is 8.91. The van der Waals surface area contributed by atoms with Crippen molar-refractivity contribution < 1.29 is 32.8 Å². The normalized spacial score (nSPS) is 14.3. The molecule has 0 fully saturated rings. The van der Waals surface area contributed by atoms with Gasteiger partial charge in [0.2, 0.25) is 0 Å². The van der Waals surface area contributed by atoms with Crippen LogP contribution >= 0.6 is 7.82 Å². The van der Waals surface area contributed by atoms with Gasteiger partial charge in [-0.15, -0.1) is 0 Å². The van der Waals surface area contributed by atoms with Crippen molar-refractivity contribution in [1.82, 2.24) is 0 Å². The highest BCUT2D eigenvalue weighted by molar-refractivity contribution is 7.47. The Morgan fingerprint density at radius 2 is 1.43 bits per heavy atom. The third-order valence-electron chi connectivity index (χ3n) is 5.40. The number of hydrogen-bond donors (Lipinski definition) is 2. The lowest BCUT2D eigenvalue weighted by molar-refractivity contribution is -0.154. The molecule has 0 aromatic heterocycles. The van der Waals surface area contributed by atoms with Crippen LogP contribution < -0.4 is 5.73 Å². The Labute approximate surface area is 213 Å². The summed E-state index contributed by atoms with van der Waals surface area (Å²) < 4.78 is 32.4. The van der Waals surface area contributed by atoms with E-state index in [0.717, 1.165) is 12.8 Å². The maximum Gasteiger partial charge on any atom is 0.472 e. The maximum atomic E-state index is 11.8. The summed E-state index contributed by atoms with van der Waals surface area (Å²) in [6.07, 6.45) is 20.9. The van der Waals surface area contributed by atoms with E-state index in [1.54, 1.807) is 0 Å². The van der Waals surface area contributed by atoms with Crippen molar-refractivity contribution in [2.45, 2.75) is 116 Å². The van der Waals surface area contributed by atoms with Crippen LogP contribution in [0.5, 0.6) is 0 Å². The molecule has 0 aromatic rings. The second-order valence-corrected chi connectivity index (χ2v) is 10.4. The largest absolute Gasteiger partial charge is 0.472 e. The third kappa shape index (κ3) is 24.7. The number of phosphoric ester groups is 1. The number of rotatable bonds is 26. The van der Waals surface area contributed by atoms with Gasteiger partial charge in [-0.3, -0.25) is 13.8 Å². The molecule has 35 heavy (non-hydrogen) atoms. The Balaban J connectivity index is 3.84. The predicted octanol–water partition coefficient (Wildman–Crippen LogP) is 6.45. The molecule has 0 saturated carbocycles. The molecule has 2 atom stereocenters. The fourth-order valence-electron chi connectivity index (χ4n) is 3.44. The molecule has 0 bridgehead atoms. The van der Waals surface area contributed by atoms with Crippen molar-refractivity contribution >= 4 is 13.8 Å². The monoisotopic (exact) mass is 521 g/mol. The van der Waals surface area contributed by atoms with Crippen LogP contribution in [0.15, 0.2) is 12.2 Å². The molecular weight excluding hydrogens is 469 g/mol. The first-order valence-electron chi connectivity index (χ1n) is 13.7. The lowest BCUT2D eigenvalue weighted by atomic mass is 10.1. The van der Waals surface area contributed by atoms with Crippen LogP contribution in [0.1, 0.15) is 110 Å². The molecule has 0 aliphatic carbocycles. The molecule has 0 radical (unpaired) electrons. The number of nitrogens with two attached hydrogens (primary N) is 1. The summed E-state index contributed by atoms with van der Waals surface area (Å²) in [7, 11) is -4.23. The zero-order valence-electron chi connectivity index (χ0n) is 22.3. The highest BCUT2D eigenvalue weighted by Crippen LogP contribution is 2.43. The van der Waals surface area contributed by atoms with Gasteiger partial charge in [0.15, 0.2) is 0 Å². The van der Waals surface area contributed by atoms with E-state index in [9.17, 15) is 14.3 Å². The Bertz CT molecular complexity index is 560. The van der Waals surface area contributed by atoms with Gasteiger partial charge >= 0.3 is 13.8 Å². The average Bonchev–Trinajstić information content (AvgIpc) is 2.83. The van der Waals surface area contributed by atoms with Gasteiger partial charge in [0, 0.05) is 19.6 Å². The van der Waals surface area contributed by atoms with Gasteiger partial charge in [0.25, 0.3) is 0 Å². The Morgan fingerprint density at radius 3 is 2.03 bits per heavy atom. The van der Waals surface area contributed by atoms with Crippen LogP contribution in [0.2, 0.25) is 0 Å². The van der Waals surface area contributed by atoms with Crippen molar-refractivity contribution in [2.75, 3.05) is 33.0 Å². The van der Waals surface area contributed by atoms with E-state index in [0.29, 0.717) is 13.0 Å². The van der Waals surface area contributed by atoms with E-state index < -0.39 is 13.9 Å². The van der Waals surface area contributed by atoms with E-state index in [-0.39, 0.29) is 38.8 Å². The zero-order chi connectivity index (χ0) is 26.0. The van der Waals surface area contributed by atoms with Crippen molar-refractivity contribution in [3.05, 3.63) is 12.2 Å². The fraction of sp³-hybridized carbons (Fsp3) is 0.885. The van der Waals surface area contributed by atoms with E-state index >= 15 is 0 Å². The number of esters is 1. The van der Waals surface area contributed by atoms with Crippen LogP contribution in [0, 0.1) is 0 Å². The summed E-state index contributed by atoms with van der Waals surface area (Å²) >= 11 is 0. The van der Waals surface area contributed by atoms with Crippen molar-refractivity contribution in [3.8, 4) is 0 Å². The molecule has 2 unspecified atom stereocenters.